The molecule has 2 aromatic carbocycles. The Bertz CT molecular complexity index is 868. The molecular weight excluding hydrogens is 418 g/mol. The summed E-state index contributed by atoms with van der Waals surface area (Å²) in [6.07, 6.45) is 0. The lowest BCUT2D eigenvalue weighted by molar-refractivity contribution is 0.302. The lowest BCUT2D eigenvalue weighted by Crippen LogP contribution is -2.25. The van der Waals surface area contributed by atoms with Crippen molar-refractivity contribution in [3.05, 3.63) is 46.9 Å². The number of rotatable bonds is 8. The highest BCUT2D eigenvalue weighted by molar-refractivity contribution is 9.10. The maximum Gasteiger partial charge on any atom is 0.178 e. The molecule has 0 amide bonds. The minimum atomic E-state index is -3.21. The average Bonchev–Trinajstić information content (AvgIpc) is 2.65. The summed E-state index contributed by atoms with van der Waals surface area (Å²) in [5, 5.41) is 17.5. The Labute approximate surface area is 162 Å². The van der Waals surface area contributed by atoms with Crippen LogP contribution < -0.4 is 4.90 Å². The molecule has 0 radical (unpaired) electrons. The number of aliphatic hydroxyl groups is 1. The van der Waals surface area contributed by atoms with Gasteiger partial charge in [0.05, 0.1) is 28.6 Å². The van der Waals surface area contributed by atoms with E-state index in [0.717, 1.165) is 16.7 Å². The van der Waals surface area contributed by atoms with Crippen LogP contribution in [-0.2, 0) is 9.84 Å². The first-order chi connectivity index (χ1) is 12.4. The molecule has 0 fully saturated rings. The number of hydrogen-bond acceptors (Lipinski definition) is 6. The summed E-state index contributed by atoms with van der Waals surface area (Å²) in [5.74, 6) is 0.0677. The van der Waals surface area contributed by atoms with Crippen molar-refractivity contribution in [1.29, 1.82) is 0 Å². The predicted molar refractivity (Wildman–Crippen MR) is 107 cm³/mol. The topological polar surface area (TPSA) is 82.3 Å². The van der Waals surface area contributed by atoms with Crippen LogP contribution in [0.3, 0.4) is 0 Å². The number of sulfone groups is 1. The molecule has 0 aromatic heterocycles. The molecule has 1 N–H and O–H groups in total. The number of aliphatic hydroxyl groups excluding tert-OH is 1. The number of azo groups is 1. The van der Waals surface area contributed by atoms with Crippen molar-refractivity contribution in [2.45, 2.75) is 18.7 Å². The molecule has 140 valence electrons. The van der Waals surface area contributed by atoms with Gasteiger partial charge in [-0.05, 0) is 65.3 Å². The van der Waals surface area contributed by atoms with Gasteiger partial charge >= 0.3 is 0 Å². The zero-order valence-corrected chi connectivity index (χ0v) is 17.2. The van der Waals surface area contributed by atoms with Crippen molar-refractivity contribution in [3.63, 3.8) is 0 Å². The second-order valence-electron chi connectivity index (χ2n) is 5.54. The maximum absolute atomic E-state index is 11.8. The Hall–Kier alpha value is -1.77. The van der Waals surface area contributed by atoms with Gasteiger partial charge in [0.1, 0.15) is 0 Å². The monoisotopic (exact) mass is 439 g/mol. The zero-order valence-electron chi connectivity index (χ0n) is 14.8. The molecule has 0 saturated heterocycles. The van der Waals surface area contributed by atoms with Gasteiger partial charge in [0.15, 0.2) is 9.84 Å². The third kappa shape index (κ3) is 5.12. The van der Waals surface area contributed by atoms with Crippen LogP contribution in [0, 0.1) is 0 Å². The Morgan fingerprint density at radius 3 is 2.31 bits per heavy atom. The normalized spacial score (nSPS) is 11.8. The van der Waals surface area contributed by atoms with Gasteiger partial charge < -0.3 is 10.0 Å². The van der Waals surface area contributed by atoms with Crippen LogP contribution in [0.25, 0.3) is 0 Å². The quantitative estimate of drug-likeness (QED) is 0.614. The molecule has 0 unspecified atom stereocenters. The van der Waals surface area contributed by atoms with E-state index in [1.807, 2.05) is 25.1 Å². The third-order valence-electron chi connectivity index (χ3n) is 3.90. The zero-order chi connectivity index (χ0) is 19.2. The molecule has 0 bridgehead atoms. The summed E-state index contributed by atoms with van der Waals surface area (Å²) in [4.78, 5) is 2.34. The van der Waals surface area contributed by atoms with Gasteiger partial charge in [0, 0.05) is 23.2 Å². The fourth-order valence-electron chi connectivity index (χ4n) is 2.36. The van der Waals surface area contributed by atoms with Crippen LogP contribution in [-0.4, -0.2) is 39.0 Å². The van der Waals surface area contributed by atoms with Crippen LogP contribution in [0.4, 0.5) is 17.1 Å². The summed E-state index contributed by atoms with van der Waals surface area (Å²) >= 11 is 3.49. The van der Waals surface area contributed by atoms with Gasteiger partial charge in [-0.1, -0.05) is 6.92 Å². The first-order valence-corrected chi connectivity index (χ1v) is 10.8. The van der Waals surface area contributed by atoms with E-state index in [2.05, 4.69) is 31.1 Å². The molecule has 0 aliphatic heterocycles. The molecule has 0 spiro atoms. The van der Waals surface area contributed by atoms with Crippen LogP contribution >= 0.6 is 15.9 Å². The van der Waals surface area contributed by atoms with Crippen molar-refractivity contribution in [2.75, 3.05) is 30.3 Å². The number of benzene rings is 2. The Morgan fingerprint density at radius 1 is 1.08 bits per heavy atom. The van der Waals surface area contributed by atoms with E-state index in [9.17, 15) is 8.42 Å². The standard InChI is InChI=1S/C18H22BrN3O3S/c1-3-22(11-12-23)15-7-10-18(17(19)13-15)21-20-14-5-8-16(9-6-14)26(24,25)4-2/h5-10,13,23H,3-4,11-12H2,1-2H3. The summed E-state index contributed by atoms with van der Waals surface area (Å²) in [7, 11) is -3.21. The van der Waals surface area contributed by atoms with E-state index in [0.29, 0.717) is 17.9 Å². The van der Waals surface area contributed by atoms with Crippen molar-refractivity contribution < 1.29 is 13.5 Å². The van der Waals surface area contributed by atoms with Crippen molar-refractivity contribution in [1.82, 2.24) is 0 Å². The first kappa shape index (κ1) is 20.5. The number of hydrogen-bond donors (Lipinski definition) is 1. The summed E-state index contributed by atoms with van der Waals surface area (Å²) in [6.45, 7) is 5.10. The van der Waals surface area contributed by atoms with E-state index in [1.54, 1.807) is 31.2 Å². The predicted octanol–water partition coefficient (Wildman–Crippen LogP) is 4.48. The molecule has 6 nitrogen and oxygen atoms in total. The lowest BCUT2D eigenvalue weighted by atomic mass is 10.2. The van der Waals surface area contributed by atoms with Crippen molar-refractivity contribution in [2.24, 2.45) is 10.2 Å². The molecule has 0 aliphatic carbocycles. The highest BCUT2D eigenvalue weighted by Crippen LogP contribution is 2.31. The fraction of sp³-hybridized carbons (Fsp3) is 0.333. The molecule has 2 aromatic rings. The van der Waals surface area contributed by atoms with Gasteiger partial charge in [-0.25, -0.2) is 8.42 Å². The molecule has 0 saturated carbocycles. The number of anilines is 1. The van der Waals surface area contributed by atoms with E-state index in [-0.39, 0.29) is 17.3 Å². The Kier molecular flexibility index (Phi) is 7.31. The minimum Gasteiger partial charge on any atom is -0.395 e. The van der Waals surface area contributed by atoms with Crippen LogP contribution in [0.15, 0.2) is 62.1 Å². The third-order valence-corrected chi connectivity index (χ3v) is 6.28. The van der Waals surface area contributed by atoms with E-state index in [4.69, 9.17) is 5.11 Å². The number of likely N-dealkylation sites (N-methyl/N-ethyl adjacent to an activating group) is 1. The van der Waals surface area contributed by atoms with E-state index >= 15 is 0 Å². The Morgan fingerprint density at radius 2 is 1.77 bits per heavy atom. The van der Waals surface area contributed by atoms with Crippen molar-refractivity contribution >= 4 is 42.8 Å². The minimum absolute atomic E-state index is 0.0677. The van der Waals surface area contributed by atoms with Gasteiger partial charge in [-0.3, -0.25) is 0 Å². The number of halogens is 1. The van der Waals surface area contributed by atoms with Gasteiger partial charge in [-0.2, -0.15) is 5.11 Å². The maximum atomic E-state index is 11.8. The highest BCUT2D eigenvalue weighted by Gasteiger charge is 2.11. The molecule has 26 heavy (non-hydrogen) atoms. The summed E-state index contributed by atoms with van der Waals surface area (Å²) in [6, 6.07) is 12.1. The summed E-state index contributed by atoms with van der Waals surface area (Å²) in [5.41, 5.74) is 2.23. The summed E-state index contributed by atoms with van der Waals surface area (Å²) < 4.78 is 24.4. The second-order valence-corrected chi connectivity index (χ2v) is 8.67. The molecule has 0 atom stereocenters. The largest absolute Gasteiger partial charge is 0.395 e. The van der Waals surface area contributed by atoms with Crippen LogP contribution in [0.5, 0.6) is 0 Å². The lowest BCUT2D eigenvalue weighted by Gasteiger charge is -2.22. The smallest absolute Gasteiger partial charge is 0.178 e. The molecular formula is C18H22BrN3O3S. The highest BCUT2D eigenvalue weighted by atomic mass is 79.9. The van der Waals surface area contributed by atoms with Crippen LogP contribution in [0.1, 0.15) is 13.8 Å². The first-order valence-electron chi connectivity index (χ1n) is 8.31. The average molecular weight is 440 g/mol. The van der Waals surface area contributed by atoms with E-state index in [1.165, 1.54) is 0 Å². The SMILES string of the molecule is CCN(CCO)c1ccc(N=Nc2ccc(S(=O)(=O)CC)cc2)c(Br)c1. The molecule has 0 aliphatic rings. The van der Waals surface area contributed by atoms with Crippen molar-refractivity contribution in [3.8, 4) is 0 Å². The van der Waals surface area contributed by atoms with Crippen LogP contribution in [0.2, 0.25) is 0 Å². The molecule has 2 rings (SSSR count). The fourth-order valence-corrected chi connectivity index (χ4v) is 3.69. The number of nitrogens with zero attached hydrogens (tertiary/aromatic N) is 3. The van der Waals surface area contributed by atoms with Gasteiger partial charge in [0.2, 0.25) is 0 Å². The van der Waals surface area contributed by atoms with E-state index < -0.39 is 9.84 Å². The van der Waals surface area contributed by atoms with Gasteiger partial charge in [0.25, 0.3) is 0 Å². The molecule has 0 heterocycles. The van der Waals surface area contributed by atoms with Gasteiger partial charge in [-0.15, -0.1) is 5.11 Å². The molecule has 8 heteroatoms. The second kappa shape index (κ2) is 9.25. The Balaban J connectivity index is 2.18.